The SMILES string of the molecule is Cc1cccc(NC(=O)COC(=O)c2ccccc2CSc2nc(C)cs2)c1. The summed E-state index contributed by atoms with van der Waals surface area (Å²) >= 11 is 3.16. The normalized spacial score (nSPS) is 10.5. The molecule has 144 valence electrons. The predicted octanol–water partition coefficient (Wildman–Crippen LogP) is 4.85. The Bertz CT molecular complexity index is 985. The van der Waals surface area contributed by atoms with Crippen molar-refractivity contribution in [1.82, 2.24) is 4.98 Å². The molecular formula is C21H20N2O3S2. The molecule has 0 aliphatic heterocycles. The molecule has 1 N–H and O–H groups in total. The van der Waals surface area contributed by atoms with Crippen molar-refractivity contribution in [3.8, 4) is 0 Å². The molecule has 0 saturated carbocycles. The van der Waals surface area contributed by atoms with E-state index in [9.17, 15) is 9.59 Å². The molecule has 28 heavy (non-hydrogen) atoms. The summed E-state index contributed by atoms with van der Waals surface area (Å²) < 4.78 is 6.17. The summed E-state index contributed by atoms with van der Waals surface area (Å²) in [6, 6.07) is 14.7. The van der Waals surface area contributed by atoms with Gasteiger partial charge >= 0.3 is 5.97 Å². The molecule has 0 aliphatic carbocycles. The maximum atomic E-state index is 12.5. The van der Waals surface area contributed by atoms with Crippen molar-refractivity contribution in [2.24, 2.45) is 0 Å². The second-order valence-electron chi connectivity index (χ2n) is 6.19. The van der Waals surface area contributed by atoms with Crippen LogP contribution < -0.4 is 5.32 Å². The molecule has 3 aromatic rings. The van der Waals surface area contributed by atoms with Gasteiger partial charge in [-0.2, -0.15) is 0 Å². The Morgan fingerprint density at radius 1 is 1.14 bits per heavy atom. The zero-order chi connectivity index (χ0) is 19.9. The molecule has 0 radical (unpaired) electrons. The van der Waals surface area contributed by atoms with Gasteiger partial charge in [0.25, 0.3) is 5.91 Å². The number of anilines is 1. The molecule has 5 nitrogen and oxygen atoms in total. The van der Waals surface area contributed by atoms with Gasteiger partial charge < -0.3 is 10.1 Å². The molecular weight excluding hydrogens is 392 g/mol. The van der Waals surface area contributed by atoms with E-state index in [-0.39, 0.29) is 12.5 Å². The molecule has 3 rings (SSSR count). The Hall–Kier alpha value is -2.64. The van der Waals surface area contributed by atoms with Crippen LogP contribution in [0.15, 0.2) is 58.3 Å². The largest absolute Gasteiger partial charge is 0.452 e. The summed E-state index contributed by atoms with van der Waals surface area (Å²) in [7, 11) is 0. The molecule has 0 bridgehead atoms. The fraction of sp³-hybridized carbons (Fsp3) is 0.190. The Kier molecular flexibility index (Phi) is 6.84. The first-order valence-electron chi connectivity index (χ1n) is 8.68. The van der Waals surface area contributed by atoms with Gasteiger partial charge in [0.15, 0.2) is 6.61 Å². The molecule has 1 aromatic heterocycles. The molecule has 0 spiro atoms. The maximum absolute atomic E-state index is 12.5. The highest BCUT2D eigenvalue weighted by atomic mass is 32.2. The van der Waals surface area contributed by atoms with E-state index >= 15 is 0 Å². The summed E-state index contributed by atoms with van der Waals surface area (Å²) in [5.41, 5.74) is 4.02. The van der Waals surface area contributed by atoms with Crippen LogP contribution in [0, 0.1) is 13.8 Å². The van der Waals surface area contributed by atoms with Crippen LogP contribution in [0.1, 0.15) is 27.2 Å². The van der Waals surface area contributed by atoms with Crippen molar-refractivity contribution in [3.05, 3.63) is 76.3 Å². The average Bonchev–Trinajstić information content (AvgIpc) is 3.10. The first kappa shape index (κ1) is 20.1. The number of hydrogen-bond acceptors (Lipinski definition) is 6. The van der Waals surface area contributed by atoms with Crippen molar-refractivity contribution in [3.63, 3.8) is 0 Å². The summed E-state index contributed by atoms with van der Waals surface area (Å²) in [5, 5.41) is 4.72. The minimum atomic E-state index is -0.508. The fourth-order valence-electron chi connectivity index (χ4n) is 2.51. The van der Waals surface area contributed by atoms with E-state index in [1.54, 1.807) is 41.3 Å². The highest BCUT2D eigenvalue weighted by Gasteiger charge is 2.15. The lowest BCUT2D eigenvalue weighted by Gasteiger charge is -2.10. The number of nitrogens with zero attached hydrogens (tertiary/aromatic N) is 1. The van der Waals surface area contributed by atoms with Crippen molar-refractivity contribution in [2.75, 3.05) is 11.9 Å². The minimum Gasteiger partial charge on any atom is -0.452 e. The van der Waals surface area contributed by atoms with Crippen LogP contribution in [0.2, 0.25) is 0 Å². The van der Waals surface area contributed by atoms with Gasteiger partial charge in [-0.05, 0) is 43.2 Å². The molecule has 0 unspecified atom stereocenters. The summed E-state index contributed by atoms with van der Waals surface area (Å²) in [4.78, 5) is 28.9. The van der Waals surface area contributed by atoms with Crippen LogP contribution in [-0.2, 0) is 15.3 Å². The molecule has 0 atom stereocenters. The highest BCUT2D eigenvalue weighted by Crippen LogP contribution is 2.27. The third-order valence-corrected chi connectivity index (χ3v) is 6.01. The van der Waals surface area contributed by atoms with Crippen LogP contribution in [0.25, 0.3) is 0 Å². The van der Waals surface area contributed by atoms with Gasteiger partial charge in [-0.25, -0.2) is 9.78 Å². The van der Waals surface area contributed by atoms with Gasteiger partial charge in [-0.1, -0.05) is 42.1 Å². The number of aromatic nitrogens is 1. The standard InChI is InChI=1S/C21H20N2O3S2/c1-14-6-5-8-17(10-14)23-19(24)11-26-20(25)18-9-4-3-7-16(18)13-28-21-22-15(2)12-27-21/h3-10,12H,11,13H2,1-2H3,(H,23,24). The molecule has 0 aliphatic rings. The van der Waals surface area contributed by atoms with E-state index in [4.69, 9.17) is 4.74 Å². The number of rotatable bonds is 7. The third kappa shape index (κ3) is 5.68. The predicted molar refractivity (Wildman–Crippen MR) is 113 cm³/mol. The Balaban J connectivity index is 1.57. The monoisotopic (exact) mass is 412 g/mol. The van der Waals surface area contributed by atoms with E-state index in [1.165, 1.54) is 0 Å². The van der Waals surface area contributed by atoms with Gasteiger partial charge in [0.2, 0.25) is 0 Å². The molecule has 2 aromatic carbocycles. The van der Waals surface area contributed by atoms with Crippen LogP contribution in [0.3, 0.4) is 0 Å². The smallest absolute Gasteiger partial charge is 0.338 e. The molecule has 1 heterocycles. The van der Waals surface area contributed by atoms with E-state index in [0.717, 1.165) is 21.2 Å². The van der Waals surface area contributed by atoms with Gasteiger partial charge in [0, 0.05) is 22.5 Å². The van der Waals surface area contributed by atoms with Gasteiger partial charge in [-0.15, -0.1) is 11.3 Å². The molecule has 0 saturated heterocycles. The highest BCUT2D eigenvalue weighted by molar-refractivity contribution is 8.00. The third-order valence-electron chi connectivity index (χ3n) is 3.82. The number of thioether (sulfide) groups is 1. The van der Waals surface area contributed by atoms with E-state index in [0.29, 0.717) is 17.0 Å². The van der Waals surface area contributed by atoms with Gasteiger partial charge in [0.1, 0.15) is 4.34 Å². The van der Waals surface area contributed by atoms with Crippen LogP contribution in [0.5, 0.6) is 0 Å². The number of carbonyl (C=O) groups is 2. The topological polar surface area (TPSA) is 68.3 Å². The lowest BCUT2D eigenvalue weighted by Crippen LogP contribution is -2.21. The van der Waals surface area contributed by atoms with Gasteiger partial charge in [-0.3, -0.25) is 4.79 Å². The zero-order valence-electron chi connectivity index (χ0n) is 15.6. The first-order valence-corrected chi connectivity index (χ1v) is 10.5. The minimum absolute atomic E-state index is 0.333. The molecule has 0 fully saturated rings. The number of nitrogens with one attached hydrogen (secondary N) is 1. The number of carbonyl (C=O) groups excluding carboxylic acids is 2. The number of aryl methyl sites for hydroxylation is 2. The van der Waals surface area contributed by atoms with E-state index in [2.05, 4.69) is 10.3 Å². The van der Waals surface area contributed by atoms with Crippen molar-refractivity contribution >= 4 is 40.7 Å². The number of esters is 1. The van der Waals surface area contributed by atoms with Crippen LogP contribution >= 0.6 is 23.1 Å². The zero-order valence-corrected chi connectivity index (χ0v) is 17.2. The summed E-state index contributed by atoms with van der Waals surface area (Å²) in [5.74, 6) is -0.275. The maximum Gasteiger partial charge on any atom is 0.338 e. The lowest BCUT2D eigenvalue weighted by molar-refractivity contribution is -0.119. The fourth-order valence-corrected chi connectivity index (χ4v) is 4.37. The first-order chi connectivity index (χ1) is 13.5. The summed E-state index contributed by atoms with van der Waals surface area (Å²) in [6.45, 7) is 3.56. The second kappa shape index (κ2) is 9.52. The number of benzene rings is 2. The Morgan fingerprint density at radius 2 is 1.96 bits per heavy atom. The number of amides is 1. The average molecular weight is 413 g/mol. The Labute approximate surface area is 172 Å². The van der Waals surface area contributed by atoms with Crippen molar-refractivity contribution in [1.29, 1.82) is 0 Å². The molecule has 1 amide bonds. The van der Waals surface area contributed by atoms with Crippen molar-refractivity contribution < 1.29 is 14.3 Å². The number of hydrogen-bond donors (Lipinski definition) is 1. The lowest BCUT2D eigenvalue weighted by atomic mass is 10.1. The quantitative estimate of drug-likeness (QED) is 0.444. The van der Waals surface area contributed by atoms with E-state index < -0.39 is 5.97 Å². The summed E-state index contributed by atoms with van der Waals surface area (Å²) in [6.07, 6.45) is 0. The molecule has 7 heteroatoms. The van der Waals surface area contributed by atoms with Crippen molar-refractivity contribution in [2.45, 2.75) is 23.9 Å². The number of ether oxygens (including phenoxy) is 1. The van der Waals surface area contributed by atoms with Crippen LogP contribution in [0.4, 0.5) is 5.69 Å². The van der Waals surface area contributed by atoms with E-state index in [1.807, 2.05) is 49.6 Å². The number of thiazole rings is 1. The van der Waals surface area contributed by atoms with Gasteiger partial charge in [0.05, 0.1) is 5.56 Å². The Morgan fingerprint density at radius 3 is 2.71 bits per heavy atom. The van der Waals surface area contributed by atoms with Crippen LogP contribution in [-0.4, -0.2) is 23.5 Å². The second-order valence-corrected chi connectivity index (χ2v) is 8.27.